The fourth-order valence-electron chi connectivity index (χ4n) is 5.73. The van der Waals surface area contributed by atoms with Crippen LogP contribution >= 0.6 is 22.9 Å². The zero-order valence-electron chi connectivity index (χ0n) is 23.3. The van der Waals surface area contributed by atoms with Crippen LogP contribution in [-0.2, 0) is 30.8 Å². The van der Waals surface area contributed by atoms with Crippen LogP contribution in [0.3, 0.4) is 0 Å². The van der Waals surface area contributed by atoms with Crippen LogP contribution in [0.1, 0.15) is 23.2 Å². The monoisotopic (exact) mass is 617 g/mol. The van der Waals surface area contributed by atoms with Crippen molar-refractivity contribution in [1.29, 1.82) is 0 Å². The van der Waals surface area contributed by atoms with Crippen molar-refractivity contribution in [3.8, 4) is 16.2 Å². The van der Waals surface area contributed by atoms with Gasteiger partial charge in [-0.2, -0.15) is 5.10 Å². The third-order valence-electron chi connectivity index (χ3n) is 7.85. The van der Waals surface area contributed by atoms with Crippen LogP contribution in [0.5, 0.6) is 5.75 Å². The van der Waals surface area contributed by atoms with Gasteiger partial charge < -0.3 is 20.3 Å². The largest absolute Gasteiger partial charge is 0.487 e. The Kier molecular flexibility index (Phi) is 7.69. The van der Waals surface area contributed by atoms with E-state index in [1.54, 1.807) is 41.9 Å². The van der Waals surface area contributed by atoms with Gasteiger partial charge in [-0.25, -0.2) is 14.4 Å². The van der Waals surface area contributed by atoms with Crippen molar-refractivity contribution in [2.45, 2.75) is 32.4 Å². The summed E-state index contributed by atoms with van der Waals surface area (Å²) in [5, 5.41) is 12.8. The normalized spacial score (nSPS) is 14.7. The number of hydrogen-bond donors (Lipinski definition) is 2. The second kappa shape index (κ2) is 11.9. The first-order valence-corrected chi connectivity index (χ1v) is 15.5. The molecule has 220 valence electrons. The standard InChI is InChI=1S/C31H29ClFN7O2S/c32-24-14-21(5-8-26(24)42-17-19-3-1-4-20(33)13-19)38-30-28-22-6-7-25-23(29(22)43-31(28)36-18-35-30)15-37-40(25)16-27(41)39-11-2-9-34-10-12-39/h1,3-5,8,13-15,18,34H,2,6-7,9-12,16-17H2,(H,35,36,38). The number of aryl methyl sites for hydroxylation is 1. The summed E-state index contributed by atoms with van der Waals surface area (Å²) in [6, 6.07) is 11.7. The zero-order chi connectivity index (χ0) is 29.3. The van der Waals surface area contributed by atoms with E-state index in [1.165, 1.54) is 17.7 Å². The summed E-state index contributed by atoms with van der Waals surface area (Å²) in [7, 11) is 0. The predicted molar refractivity (Wildman–Crippen MR) is 166 cm³/mol. The summed E-state index contributed by atoms with van der Waals surface area (Å²) >= 11 is 8.17. The number of nitrogens with one attached hydrogen (secondary N) is 2. The van der Waals surface area contributed by atoms with Crippen molar-refractivity contribution in [1.82, 2.24) is 30.0 Å². The van der Waals surface area contributed by atoms with Crippen molar-refractivity contribution >= 4 is 50.6 Å². The van der Waals surface area contributed by atoms with Crippen molar-refractivity contribution < 1.29 is 13.9 Å². The Bertz CT molecular complexity index is 1820. The number of benzene rings is 2. The molecule has 1 amide bonds. The highest BCUT2D eigenvalue weighted by Crippen LogP contribution is 2.45. The first-order chi connectivity index (χ1) is 21.0. The van der Waals surface area contributed by atoms with Crippen molar-refractivity contribution in [2.24, 2.45) is 0 Å². The van der Waals surface area contributed by atoms with E-state index in [9.17, 15) is 9.18 Å². The number of thiophene rings is 1. The molecule has 0 bridgehead atoms. The van der Waals surface area contributed by atoms with Gasteiger partial charge in [-0.15, -0.1) is 11.3 Å². The van der Waals surface area contributed by atoms with Crippen molar-refractivity contribution in [3.05, 3.63) is 82.6 Å². The number of ether oxygens (including phenoxy) is 1. The smallest absolute Gasteiger partial charge is 0.244 e. The molecule has 4 heterocycles. The molecule has 7 rings (SSSR count). The molecule has 1 saturated heterocycles. The van der Waals surface area contributed by atoms with Gasteiger partial charge in [0, 0.05) is 41.5 Å². The lowest BCUT2D eigenvalue weighted by Crippen LogP contribution is -2.37. The number of carbonyl (C=O) groups is 1. The van der Waals surface area contributed by atoms with E-state index in [0.717, 1.165) is 83.0 Å². The summed E-state index contributed by atoms with van der Waals surface area (Å²) in [5.74, 6) is 1.01. The van der Waals surface area contributed by atoms with Crippen LogP contribution in [0.25, 0.3) is 20.7 Å². The SMILES string of the molecule is O=C(Cn1ncc2c1CCc1c-2sc2ncnc(Nc3ccc(OCc4cccc(F)c4)c(Cl)c3)c12)N1CCCNCC1. The Balaban J connectivity index is 1.11. The average molecular weight is 618 g/mol. The Morgan fingerprint density at radius 1 is 1.14 bits per heavy atom. The molecule has 0 saturated carbocycles. The van der Waals surface area contributed by atoms with Crippen LogP contribution < -0.4 is 15.4 Å². The highest BCUT2D eigenvalue weighted by atomic mass is 35.5. The Labute approximate surface area is 256 Å². The van der Waals surface area contributed by atoms with Gasteiger partial charge in [-0.05, 0) is 67.3 Å². The highest BCUT2D eigenvalue weighted by molar-refractivity contribution is 7.22. The number of hydrogen-bond acceptors (Lipinski definition) is 8. The van der Waals surface area contributed by atoms with Gasteiger partial charge in [0.05, 0.1) is 16.6 Å². The number of rotatable bonds is 7. The number of nitrogens with zero attached hydrogens (tertiary/aromatic N) is 5. The molecule has 0 radical (unpaired) electrons. The summed E-state index contributed by atoms with van der Waals surface area (Å²) in [6.45, 7) is 3.74. The maximum atomic E-state index is 13.5. The minimum Gasteiger partial charge on any atom is -0.487 e. The molecule has 2 N–H and O–H groups in total. The molecule has 0 atom stereocenters. The van der Waals surface area contributed by atoms with Crippen LogP contribution in [0.15, 0.2) is 55.0 Å². The van der Waals surface area contributed by atoms with E-state index in [-0.39, 0.29) is 24.9 Å². The number of carbonyl (C=O) groups excluding carboxylic acids is 1. The van der Waals surface area contributed by atoms with Gasteiger partial charge >= 0.3 is 0 Å². The molecule has 0 spiro atoms. The molecular formula is C31H29ClFN7O2S. The summed E-state index contributed by atoms with van der Waals surface area (Å²) in [5.41, 5.74) is 4.81. The van der Waals surface area contributed by atoms with Crippen LogP contribution in [0.2, 0.25) is 5.02 Å². The molecule has 43 heavy (non-hydrogen) atoms. The lowest BCUT2D eigenvalue weighted by atomic mass is 9.95. The van der Waals surface area contributed by atoms with E-state index < -0.39 is 0 Å². The summed E-state index contributed by atoms with van der Waals surface area (Å²) in [6.07, 6.45) is 5.98. The first kappa shape index (κ1) is 27.8. The Morgan fingerprint density at radius 2 is 2.07 bits per heavy atom. The Hall–Kier alpha value is -4.06. The molecule has 12 heteroatoms. The van der Waals surface area contributed by atoms with E-state index in [0.29, 0.717) is 16.6 Å². The number of fused-ring (bicyclic) bond motifs is 5. The predicted octanol–water partition coefficient (Wildman–Crippen LogP) is 5.59. The summed E-state index contributed by atoms with van der Waals surface area (Å²) in [4.78, 5) is 26.1. The lowest BCUT2D eigenvalue weighted by Gasteiger charge is -2.21. The number of halogens is 2. The minimum absolute atomic E-state index is 0.109. The molecular weight excluding hydrogens is 589 g/mol. The lowest BCUT2D eigenvalue weighted by molar-refractivity contribution is -0.131. The fraction of sp³-hybridized carbons (Fsp3) is 0.290. The second-order valence-electron chi connectivity index (χ2n) is 10.6. The molecule has 1 aliphatic heterocycles. The number of aromatic nitrogens is 4. The topological polar surface area (TPSA) is 97.2 Å². The quantitative estimate of drug-likeness (QED) is 0.246. The molecule has 0 unspecified atom stereocenters. The van der Waals surface area contributed by atoms with Gasteiger partial charge in [0.2, 0.25) is 5.91 Å². The van der Waals surface area contributed by atoms with Crippen molar-refractivity contribution in [3.63, 3.8) is 0 Å². The minimum atomic E-state index is -0.306. The van der Waals surface area contributed by atoms with E-state index in [2.05, 4.69) is 25.7 Å². The van der Waals surface area contributed by atoms with E-state index >= 15 is 0 Å². The molecule has 5 aromatic rings. The molecule has 3 aromatic heterocycles. The van der Waals surface area contributed by atoms with E-state index in [1.807, 2.05) is 21.8 Å². The first-order valence-electron chi connectivity index (χ1n) is 14.3. The van der Waals surface area contributed by atoms with Gasteiger partial charge in [-0.1, -0.05) is 23.7 Å². The van der Waals surface area contributed by atoms with Gasteiger partial charge in [0.15, 0.2) is 0 Å². The Morgan fingerprint density at radius 3 is 2.95 bits per heavy atom. The molecule has 1 aliphatic carbocycles. The number of anilines is 2. The molecule has 9 nitrogen and oxygen atoms in total. The van der Waals surface area contributed by atoms with Crippen LogP contribution in [0, 0.1) is 5.82 Å². The molecule has 2 aliphatic rings. The molecule has 1 fully saturated rings. The third-order valence-corrected chi connectivity index (χ3v) is 9.32. The van der Waals surface area contributed by atoms with Gasteiger partial charge in [-0.3, -0.25) is 9.48 Å². The van der Waals surface area contributed by atoms with Gasteiger partial charge in [0.1, 0.15) is 41.7 Å². The highest BCUT2D eigenvalue weighted by Gasteiger charge is 2.28. The van der Waals surface area contributed by atoms with Crippen LogP contribution in [0.4, 0.5) is 15.9 Å². The number of amides is 1. The molecule has 2 aromatic carbocycles. The average Bonchev–Trinajstić information content (AvgIpc) is 3.47. The second-order valence-corrected chi connectivity index (χ2v) is 12.1. The fourth-order valence-corrected chi connectivity index (χ4v) is 7.19. The maximum absolute atomic E-state index is 13.5. The van der Waals surface area contributed by atoms with Crippen molar-refractivity contribution in [2.75, 3.05) is 31.5 Å². The zero-order valence-corrected chi connectivity index (χ0v) is 24.8. The van der Waals surface area contributed by atoms with Crippen LogP contribution in [-0.4, -0.2) is 56.7 Å². The maximum Gasteiger partial charge on any atom is 0.244 e. The van der Waals surface area contributed by atoms with Gasteiger partial charge in [0.25, 0.3) is 0 Å². The summed E-state index contributed by atoms with van der Waals surface area (Å²) < 4.78 is 21.2. The van der Waals surface area contributed by atoms with E-state index in [4.69, 9.17) is 16.3 Å². The third kappa shape index (κ3) is 5.67.